The Morgan fingerprint density at radius 1 is 1.50 bits per heavy atom. The molecule has 1 aliphatic rings. The predicted octanol–water partition coefficient (Wildman–Crippen LogP) is 0.629. The summed E-state index contributed by atoms with van der Waals surface area (Å²) in [4.78, 5) is 23.8. The number of carbonyl (C=O) groups excluding carboxylic acids is 1. The van der Waals surface area contributed by atoms with Gasteiger partial charge in [0.25, 0.3) is 0 Å². The van der Waals surface area contributed by atoms with E-state index in [2.05, 4.69) is 12.6 Å². The third-order valence-corrected chi connectivity index (χ3v) is 2.67. The Labute approximate surface area is 88.7 Å². The third-order valence-electron chi connectivity index (χ3n) is 2.45. The van der Waals surface area contributed by atoms with Gasteiger partial charge in [0.1, 0.15) is 0 Å². The van der Waals surface area contributed by atoms with Crippen LogP contribution >= 0.6 is 12.6 Å². The van der Waals surface area contributed by atoms with Crippen LogP contribution in [0.2, 0.25) is 0 Å². The summed E-state index contributed by atoms with van der Waals surface area (Å²) in [5.41, 5.74) is 0. The van der Waals surface area contributed by atoms with Gasteiger partial charge in [0.15, 0.2) is 0 Å². The van der Waals surface area contributed by atoms with Crippen LogP contribution in [0.4, 0.5) is 0 Å². The van der Waals surface area contributed by atoms with E-state index in [9.17, 15) is 9.59 Å². The molecule has 0 unspecified atom stereocenters. The highest BCUT2D eigenvalue weighted by Gasteiger charge is 2.27. The third kappa shape index (κ3) is 2.90. The van der Waals surface area contributed by atoms with E-state index in [1.165, 1.54) is 0 Å². The molecular formula is C9H15NO3S. The van der Waals surface area contributed by atoms with Gasteiger partial charge in [-0.2, -0.15) is 12.6 Å². The molecule has 4 nitrogen and oxygen atoms in total. The van der Waals surface area contributed by atoms with E-state index < -0.39 is 5.97 Å². The largest absolute Gasteiger partial charge is 0.481 e. The number of piperidine rings is 1. The first-order valence-corrected chi connectivity index (χ1v) is 5.40. The van der Waals surface area contributed by atoms with Crippen LogP contribution in [0.25, 0.3) is 0 Å². The monoisotopic (exact) mass is 217 g/mol. The number of carboxylic acid groups (broad SMARTS) is 1. The molecule has 0 saturated carbocycles. The SMILES string of the molecule is O=C(O)[C@H]1CCCN(C(=O)CCS)C1. The number of carboxylic acids is 1. The summed E-state index contributed by atoms with van der Waals surface area (Å²) in [5.74, 6) is -0.639. The van der Waals surface area contributed by atoms with Crippen LogP contribution in [0.5, 0.6) is 0 Å². The van der Waals surface area contributed by atoms with Crippen molar-refractivity contribution in [3.8, 4) is 0 Å². The summed E-state index contributed by atoms with van der Waals surface area (Å²) in [6.07, 6.45) is 1.87. The molecule has 80 valence electrons. The van der Waals surface area contributed by atoms with Crippen LogP contribution in [0, 0.1) is 5.92 Å². The minimum atomic E-state index is -0.798. The molecule has 0 radical (unpaired) electrons. The molecule has 14 heavy (non-hydrogen) atoms. The molecule has 1 heterocycles. The molecule has 1 amide bonds. The van der Waals surface area contributed by atoms with E-state index in [4.69, 9.17) is 5.11 Å². The van der Waals surface area contributed by atoms with Crippen molar-refractivity contribution in [3.05, 3.63) is 0 Å². The number of carbonyl (C=O) groups is 2. The molecular weight excluding hydrogens is 202 g/mol. The number of hydrogen-bond donors (Lipinski definition) is 2. The Balaban J connectivity index is 2.47. The van der Waals surface area contributed by atoms with Crippen molar-refractivity contribution in [2.45, 2.75) is 19.3 Å². The van der Waals surface area contributed by atoms with Gasteiger partial charge in [-0.05, 0) is 18.6 Å². The molecule has 0 aliphatic carbocycles. The summed E-state index contributed by atoms with van der Waals surface area (Å²) >= 11 is 3.98. The minimum absolute atomic E-state index is 0.0194. The first-order valence-electron chi connectivity index (χ1n) is 4.76. The maximum atomic E-state index is 11.5. The van der Waals surface area contributed by atoms with Crippen LogP contribution in [-0.4, -0.2) is 40.7 Å². The summed E-state index contributed by atoms with van der Waals surface area (Å²) in [6.45, 7) is 1.05. The number of hydrogen-bond acceptors (Lipinski definition) is 3. The molecule has 1 fully saturated rings. The molecule has 1 N–H and O–H groups in total. The lowest BCUT2D eigenvalue weighted by molar-refractivity contribution is -0.145. The number of rotatable bonds is 3. The van der Waals surface area contributed by atoms with E-state index in [0.717, 1.165) is 6.42 Å². The Hall–Kier alpha value is -0.710. The first-order chi connectivity index (χ1) is 6.65. The smallest absolute Gasteiger partial charge is 0.308 e. The van der Waals surface area contributed by atoms with Gasteiger partial charge in [-0.15, -0.1) is 0 Å². The molecule has 1 aliphatic heterocycles. The van der Waals surface area contributed by atoms with Gasteiger partial charge in [0.2, 0.25) is 5.91 Å². The predicted molar refractivity (Wildman–Crippen MR) is 55.4 cm³/mol. The highest BCUT2D eigenvalue weighted by molar-refractivity contribution is 7.80. The van der Waals surface area contributed by atoms with Crippen LogP contribution in [0.3, 0.4) is 0 Å². The van der Waals surface area contributed by atoms with Gasteiger partial charge < -0.3 is 10.0 Å². The second-order valence-electron chi connectivity index (χ2n) is 3.49. The summed E-state index contributed by atoms with van der Waals surface area (Å²) in [5, 5.41) is 8.81. The molecule has 0 spiro atoms. The van der Waals surface area contributed by atoms with E-state index >= 15 is 0 Å². The standard InChI is InChI=1S/C9H15NO3S/c11-8(3-5-14)10-4-1-2-7(6-10)9(12)13/h7,14H,1-6H2,(H,12,13)/t7-/m0/s1. The fourth-order valence-corrected chi connectivity index (χ4v) is 1.85. The molecule has 0 aromatic rings. The molecule has 1 rings (SSSR count). The van der Waals surface area contributed by atoms with E-state index in [1.54, 1.807) is 4.90 Å². The van der Waals surface area contributed by atoms with Crippen LogP contribution < -0.4 is 0 Å². The van der Waals surface area contributed by atoms with Gasteiger partial charge in [-0.25, -0.2) is 0 Å². The Bertz CT molecular complexity index is 232. The first kappa shape index (κ1) is 11.4. The van der Waals surface area contributed by atoms with Gasteiger partial charge in [-0.3, -0.25) is 9.59 Å². The van der Waals surface area contributed by atoms with Gasteiger partial charge >= 0.3 is 5.97 Å². The van der Waals surface area contributed by atoms with Crippen LogP contribution in [0.15, 0.2) is 0 Å². The summed E-state index contributed by atoms with van der Waals surface area (Å²) < 4.78 is 0. The van der Waals surface area contributed by atoms with Crippen molar-refractivity contribution in [1.29, 1.82) is 0 Å². The van der Waals surface area contributed by atoms with Crippen LogP contribution in [-0.2, 0) is 9.59 Å². The van der Waals surface area contributed by atoms with Crippen molar-refractivity contribution < 1.29 is 14.7 Å². The lowest BCUT2D eigenvalue weighted by Crippen LogP contribution is -2.42. The average molecular weight is 217 g/mol. The number of likely N-dealkylation sites (tertiary alicyclic amines) is 1. The van der Waals surface area contributed by atoms with Crippen molar-refractivity contribution in [1.82, 2.24) is 4.90 Å². The van der Waals surface area contributed by atoms with Crippen molar-refractivity contribution >= 4 is 24.5 Å². The molecule has 0 aromatic carbocycles. The number of amides is 1. The maximum Gasteiger partial charge on any atom is 0.308 e. The van der Waals surface area contributed by atoms with E-state index in [1.807, 2.05) is 0 Å². The van der Waals surface area contributed by atoms with Crippen molar-refractivity contribution in [2.75, 3.05) is 18.8 Å². The zero-order valence-corrected chi connectivity index (χ0v) is 8.87. The zero-order chi connectivity index (χ0) is 10.6. The summed E-state index contributed by atoms with van der Waals surface area (Å²) in [6, 6.07) is 0. The second-order valence-corrected chi connectivity index (χ2v) is 3.94. The lowest BCUT2D eigenvalue weighted by atomic mass is 9.98. The second kappa shape index (κ2) is 5.24. The molecule has 1 atom stereocenters. The molecule has 0 bridgehead atoms. The molecule has 1 saturated heterocycles. The van der Waals surface area contributed by atoms with E-state index in [0.29, 0.717) is 31.7 Å². The highest BCUT2D eigenvalue weighted by Crippen LogP contribution is 2.17. The molecule has 0 aromatic heterocycles. The fourth-order valence-electron chi connectivity index (χ4n) is 1.66. The highest BCUT2D eigenvalue weighted by atomic mass is 32.1. The fraction of sp³-hybridized carbons (Fsp3) is 0.778. The maximum absolute atomic E-state index is 11.5. The lowest BCUT2D eigenvalue weighted by Gasteiger charge is -2.30. The molecule has 5 heteroatoms. The normalized spacial score (nSPS) is 22.1. The Morgan fingerprint density at radius 3 is 2.79 bits per heavy atom. The van der Waals surface area contributed by atoms with E-state index in [-0.39, 0.29) is 11.8 Å². The van der Waals surface area contributed by atoms with Gasteiger partial charge in [-0.1, -0.05) is 0 Å². The number of nitrogens with zero attached hydrogens (tertiary/aromatic N) is 1. The zero-order valence-electron chi connectivity index (χ0n) is 7.98. The number of aliphatic carboxylic acids is 1. The van der Waals surface area contributed by atoms with Crippen molar-refractivity contribution in [3.63, 3.8) is 0 Å². The number of thiol groups is 1. The Morgan fingerprint density at radius 2 is 2.21 bits per heavy atom. The minimum Gasteiger partial charge on any atom is -0.481 e. The average Bonchev–Trinajstić information content (AvgIpc) is 2.18. The topological polar surface area (TPSA) is 57.6 Å². The summed E-state index contributed by atoms with van der Waals surface area (Å²) in [7, 11) is 0. The quantitative estimate of drug-likeness (QED) is 0.682. The van der Waals surface area contributed by atoms with Gasteiger partial charge in [0, 0.05) is 19.5 Å². The Kier molecular flexibility index (Phi) is 4.25. The van der Waals surface area contributed by atoms with Crippen molar-refractivity contribution in [2.24, 2.45) is 5.92 Å². The van der Waals surface area contributed by atoms with Gasteiger partial charge in [0.05, 0.1) is 5.92 Å². The van der Waals surface area contributed by atoms with Crippen LogP contribution in [0.1, 0.15) is 19.3 Å².